The molecule has 0 spiro atoms. The predicted octanol–water partition coefficient (Wildman–Crippen LogP) is 0.301. The van der Waals surface area contributed by atoms with Crippen molar-refractivity contribution in [3.63, 3.8) is 0 Å². The van der Waals surface area contributed by atoms with Gasteiger partial charge in [-0.2, -0.15) is 0 Å². The second-order valence-corrected chi connectivity index (χ2v) is 3.34. The third kappa shape index (κ3) is 1.38. The first-order chi connectivity index (χ1) is 5.36. The van der Waals surface area contributed by atoms with Gasteiger partial charge in [0.25, 0.3) is 0 Å². The molecule has 0 bridgehead atoms. The third-order valence-electron chi connectivity index (χ3n) is 2.45. The average Bonchev–Trinajstić information content (AvgIpc) is 1.74. The normalized spacial score (nSPS) is 25.5. The van der Waals surface area contributed by atoms with Crippen LogP contribution in [0.5, 0.6) is 0 Å². The van der Waals surface area contributed by atoms with Gasteiger partial charge in [-0.05, 0) is 19.3 Å². The van der Waals surface area contributed by atoms with E-state index in [1.54, 1.807) is 0 Å². The molecule has 3 nitrogen and oxygen atoms in total. The molecule has 1 saturated heterocycles. The summed E-state index contributed by atoms with van der Waals surface area (Å²) in [4.78, 5) is 11.2. The summed E-state index contributed by atoms with van der Waals surface area (Å²) in [6.45, 7) is 1.62. The summed E-state index contributed by atoms with van der Waals surface area (Å²) in [7, 11) is 0. The first kappa shape index (κ1) is 7.10. The molecule has 11 heavy (non-hydrogen) atoms. The van der Waals surface area contributed by atoms with Crippen molar-refractivity contribution in [3.05, 3.63) is 0 Å². The number of ether oxygens (including phenoxy) is 1. The Hall–Kier alpha value is -0.570. The van der Waals surface area contributed by atoms with Crippen LogP contribution in [0.15, 0.2) is 0 Å². The molecule has 0 radical (unpaired) electrons. The largest absolute Gasteiger partial charge is 0.462 e. The minimum absolute atomic E-state index is 0.00782. The smallest absolute Gasteiger partial charge is 0.311 e. The molecule has 3 heteroatoms. The van der Waals surface area contributed by atoms with Crippen LogP contribution in [0.2, 0.25) is 0 Å². The van der Waals surface area contributed by atoms with Crippen molar-refractivity contribution in [2.75, 3.05) is 13.1 Å². The Balaban J connectivity index is 1.71. The maximum absolute atomic E-state index is 11.2. The van der Waals surface area contributed by atoms with Crippen molar-refractivity contribution in [1.82, 2.24) is 5.32 Å². The Morgan fingerprint density at radius 1 is 1.36 bits per heavy atom. The summed E-state index contributed by atoms with van der Waals surface area (Å²) in [6, 6.07) is 0. The molecule has 1 saturated carbocycles. The van der Waals surface area contributed by atoms with E-state index in [0.29, 0.717) is 0 Å². The van der Waals surface area contributed by atoms with E-state index in [2.05, 4.69) is 5.32 Å². The van der Waals surface area contributed by atoms with Crippen LogP contribution in [0.25, 0.3) is 0 Å². The van der Waals surface area contributed by atoms with Gasteiger partial charge in [0.1, 0.15) is 6.10 Å². The zero-order valence-corrected chi connectivity index (χ0v) is 6.51. The van der Waals surface area contributed by atoms with Gasteiger partial charge >= 0.3 is 5.97 Å². The lowest BCUT2D eigenvalue weighted by Gasteiger charge is -2.30. The lowest BCUT2D eigenvalue weighted by atomic mass is 9.95. The van der Waals surface area contributed by atoms with Gasteiger partial charge in [0.2, 0.25) is 0 Å². The highest BCUT2D eigenvalue weighted by Crippen LogP contribution is 2.23. The molecule has 2 rings (SSSR count). The maximum Gasteiger partial charge on any atom is 0.311 e. The minimum atomic E-state index is 0.00782. The first-order valence-corrected chi connectivity index (χ1v) is 4.27. The summed E-state index contributed by atoms with van der Waals surface area (Å²) in [6.07, 6.45) is 3.63. The number of carbonyl (C=O) groups excluding carboxylic acids is 1. The van der Waals surface area contributed by atoms with Gasteiger partial charge in [-0.15, -0.1) is 0 Å². The van der Waals surface area contributed by atoms with Crippen molar-refractivity contribution < 1.29 is 9.53 Å². The van der Waals surface area contributed by atoms with E-state index in [9.17, 15) is 4.79 Å². The van der Waals surface area contributed by atoms with Gasteiger partial charge in [-0.1, -0.05) is 0 Å². The van der Waals surface area contributed by atoms with Gasteiger partial charge in [0, 0.05) is 13.1 Å². The lowest BCUT2D eigenvalue weighted by Crippen LogP contribution is -2.48. The van der Waals surface area contributed by atoms with Crippen LogP contribution in [0, 0.1) is 5.92 Å². The highest BCUT2D eigenvalue weighted by molar-refractivity contribution is 5.74. The lowest BCUT2D eigenvalue weighted by molar-refractivity contribution is -0.159. The summed E-state index contributed by atoms with van der Waals surface area (Å²) in [5.74, 6) is 0.157. The molecule has 1 N–H and O–H groups in total. The molecule has 0 atom stereocenters. The molecule has 2 aliphatic rings. The van der Waals surface area contributed by atoms with E-state index >= 15 is 0 Å². The fourth-order valence-electron chi connectivity index (χ4n) is 1.20. The van der Waals surface area contributed by atoms with E-state index < -0.39 is 0 Å². The van der Waals surface area contributed by atoms with Gasteiger partial charge in [0.05, 0.1) is 5.92 Å². The SMILES string of the molecule is O=C(OC1CCC1)C1CNC1. The number of hydrogen-bond acceptors (Lipinski definition) is 3. The van der Waals surface area contributed by atoms with E-state index in [4.69, 9.17) is 4.74 Å². The van der Waals surface area contributed by atoms with Crippen molar-refractivity contribution in [3.8, 4) is 0 Å². The number of esters is 1. The molecule has 0 aromatic carbocycles. The molecule has 0 aromatic rings. The quantitative estimate of drug-likeness (QED) is 0.583. The zero-order valence-electron chi connectivity index (χ0n) is 6.51. The van der Waals surface area contributed by atoms with Crippen molar-refractivity contribution in [2.45, 2.75) is 25.4 Å². The Kier molecular flexibility index (Phi) is 1.82. The fraction of sp³-hybridized carbons (Fsp3) is 0.875. The van der Waals surface area contributed by atoms with Crippen LogP contribution in [-0.2, 0) is 9.53 Å². The van der Waals surface area contributed by atoms with Crippen molar-refractivity contribution in [2.24, 2.45) is 5.92 Å². The Bertz CT molecular complexity index is 161. The van der Waals surface area contributed by atoms with E-state index in [1.165, 1.54) is 6.42 Å². The van der Waals surface area contributed by atoms with E-state index in [0.717, 1.165) is 25.9 Å². The molecule has 2 fully saturated rings. The van der Waals surface area contributed by atoms with Crippen LogP contribution in [-0.4, -0.2) is 25.2 Å². The zero-order chi connectivity index (χ0) is 7.68. The van der Waals surface area contributed by atoms with Gasteiger partial charge in [0.15, 0.2) is 0 Å². The molecular weight excluding hydrogens is 142 g/mol. The summed E-state index contributed by atoms with van der Waals surface area (Å²) >= 11 is 0. The van der Waals surface area contributed by atoms with Crippen LogP contribution < -0.4 is 5.32 Å². The van der Waals surface area contributed by atoms with Crippen LogP contribution >= 0.6 is 0 Å². The molecule has 0 amide bonds. The Labute approximate surface area is 66.1 Å². The van der Waals surface area contributed by atoms with Gasteiger partial charge in [-0.25, -0.2) is 0 Å². The molecule has 1 heterocycles. The first-order valence-electron chi connectivity index (χ1n) is 4.27. The molecule has 0 unspecified atom stereocenters. The standard InChI is InChI=1S/C8H13NO2/c10-8(6-4-9-5-6)11-7-2-1-3-7/h6-7,9H,1-5H2. The highest BCUT2D eigenvalue weighted by atomic mass is 16.5. The van der Waals surface area contributed by atoms with E-state index in [-0.39, 0.29) is 18.0 Å². The third-order valence-corrected chi connectivity index (χ3v) is 2.45. The van der Waals surface area contributed by atoms with Gasteiger partial charge < -0.3 is 10.1 Å². The number of hydrogen-bond donors (Lipinski definition) is 1. The average molecular weight is 155 g/mol. The molecule has 62 valence electrons. The molecular formula is C8H13NO2. The van der Waals surface area contributed by atoms with Crippen molar-refractivity contribution >= 4 is 5.97 Å². The second-order valence-electron chi connectivity index (χ2n) is 3.34. The summed E-state index contributed by atoms with van der Waals surface area (Å²) in [5.41, 5.74) is 0. The number of carbonyl (C=O) groups is 1. The van der Waals surface area contributed by atoms with Crippen LogP contribution in [0.4, 0.5) is 0 Å². The second kappa shape index (κ2) is 2.81. The van der Waals surface area contributed by atoms with Crippen LogP contribution in [0.1, 0.15) is 19.3 Å². The number of nitrogens with one attached hydrogen (secondary N) is 1. The van der Waals surface area contributed by atoms with Crippen molar-refractivity contribution in [1.29, 1.82) is 0 Å². The molecule has 0 aromatic heterocycles. The van der Waals surface area contributed by atoms with Gasteiger partial charge in [-0.3, -0.25) is 4.79 Å². The topological polar surface area (TPSA) is 38.3 Å². The minimum Gasteiger partial charge on any atom is -0.462 e. The Morgan fingerprint density at radius 3 is 2.45 bits per heavy atom. The monoisotopic (exact) mass is 155 g/mol. The fourth-order valence-corrected chi connectivity index (χ4v) is 1.20. The summed E-state index contributed by atoms with van der Waals surface area (Å²) in [5, 5.41) is 3.05. The molecule has 1 aliphatic carbocycles. The Morgan fingerprint density at radius 2 is 2.09 bits per heavy atom. The van der Waals surface area contributed by atoms with E-state index in [1.807, 2.05) is 0 Å². The summed E-state index contributed by atoms with van der Waals surface area (Å²) < 4.78 is 5.21. The predicted molar refractivity (Wildman–Crippen MR) is 40.1 cm³/mol. The highest BCUT2D eigenvalue weighted by Gasteiger charge is 2.30. The maximum atomic E-state index is 11.2. The van der Waals surface area contributed by atoms with Crippen LogP contribution in [0.3, 0.4) is 0 Å². The number of rotatable bonds is 2. The molecule has 1 aliphatic heterocycles.